The molecule has 32 heavy (non-hydrogen) atoms. The van der Waals surface area contributed by atoms with Gasteiger partial charge in [-0.05, 0) is 81.4 Å². The molecule has 6 rings (SSSR count). The number of rotatable bonds is 7. The highest BCUT2D eigenvalue weighted by molar-refractivity contribution is 5.94. The normalized spacial score (nSPS) is 20.9. The number of nitrogens with one attached hydrogen (secondary N) is 2. The van der Waals surface area contributed by atoms with Gasteiger partial charge in [0.2, 0.25) is 0 Å². The number of nitrogens with zero attached hydrogens (tertiary/aromatic N) is 2. The number of carbonyl (C=O) groups is 1. The van der Waals surface area contributed by atoms with Crippen molar-refractivity contribution in [3.8, 4) is 5.75 Å². The van der Waals surface area contributed by atoms with E-state index in [0.29, 0.717) is 17.8 Å². The summed E-state index contributed by atoms with van der Waals surface area (Å²) < 4.78 is 6.32. The zero-order valence-electron chi connectivity index (χ0n) is 18.4. The van der Waals surface area contributed by atoms with Crippen molar-refractivity contribution in [2.75, 3.05) is 5.32 Å². The lowest BCUT2D eigenvalue weighted by Crippen LogP contribution is -2.22. The quantitative estimate of drug-likeness (QED) is 0.518. The molecule has 6 heteroatoms. The van der Waals surface area contributed by atoms with Crippen LogP contribution in [0.5, 0.6) is 5.75 Å². The van der Waals surface area contributed by atoms with Crippen LogP contribution in [0.4, 0.5) is 11.5 Å². The molecule has 3 aliphatic rings. The van der Waals surface area contributed by atoms with Gasteiger partial charge in [-0.2, -0.15) is 0 Å². The Bertz CT molecular complexity index is 1140. The van der Waals surface area contributed by atoms with Gasteiger partial charge in [-0.3, -0.25) is 4.79 Å². The Balaban J connectivity index is 1.30. The summed E-state index contributed by atoms with van der Waals surface area (Å²) in [5.41, 5.74) is 4.18. The molecule has 6 nitrogen and oxygen atoms in total. The van der Waals surface area contributed by atoms with Crippen LogP contribution in [0.15, 0.2) is 30.6 Å². The second-order valence-corrected chi connectivity index (χ2v) is 9.73. The number of fused-ring (bicyclic) bond motifs is 3. The van der Waals surface area contributed by atoms with Gasteiger partial charge in [-0.15, -0.1) is 0 Å². The fourth-order valence-corrected chi connectivity index (χ4v) is 5.37. The van der Waals surface area contributed by atoms with E-state index in [-0.39, 0.29) is 5.92 Å². The van der Waals surface area contributed by atoms with Gasteiger partial charge in [0.15, 0.2) is 0 Å². The van der Waals surface area contributed by atoms with Gasteiger partial charge in [-0.25, -0.2) is 9.97 Å². The molecule has 2 saturated carbocycles. The molecule has 0 spiro atoms. The Kier molecular flexibility index (Phi) is 5.08. The lowest BCUT2D eigenvalue weighted by atomic mass is 9.82. The van der Waals surface area contributed by atoms with Crippen molar-refractivity contribution in [3.63, 3.8) is 0 Å². The minimum Gasteiger partial charge on any atom is -0.488 e. The topological polar surface area (TPSA) is 79.9 Å². The average Bonchev–Trinajstić information content (AvgIpc) is 3.31. The number of H-pyrrole nitrogens is 1. The monoisotopic (exact) mass is 430 g/mol. The molecule has 166 valence electrons. The zero-order chi connectivity index (χ0) is 21.5. The molecule has 0 aliphatic heterocycles. The molecule has 2 fully saturated rings. The molecule has 1 unspecified atom stereocenters. The summed E-state index contributed by atoms with van der Waals surface area (Å²) in [6, 6.07) is 8.10. The Morgan fingerprint density at radius 2 is 1.94 bits per heavy atom. The van der Waals surface area contributed by atoms with Gasteiger partial charge in [0.25, 0.3) is 0 Å². The van der Waals surface area contributed by atoms with Gasteiger partial charge in [0.05, 0.1) is 17.2 Å². The van der Waals surface area contributed by atoms with E-state index in [4.69, 9.17) is 4.74 Å². The number of hydrogen-bond acceptors (Lipinski definition) is 5. The van der Waals surface area contributed by atoms with Crippen LogP contribution in [0, 0.1) is 11.8 Å². The maximum absolute atomic E-state index is 12.8. The standard InChI is InChI=1S/C26H30N4O2/c31-22(13-16-9-10-16)17-11-12-20-19(14-17)24-25(29-20)27-15-28-26(24)30-21-7-3-4-8-23(21)32-18-5-1-2-6-18/h3-4,7-8,15-18H,1-2,5-6,9-14H2,(H2,27,28,29,30). The van der Waals surface area contributed by atoms with E-state index in [1.54, 1.807) is 6.33 Å². The van der Waals surface area contributed by atoms with Crippen molar-refractivity contribution >= 4 is 28.3 Å². The minimum absolute atomic E-state index is 0.119. The van der Waals surface area contributed by atoms with Crippen LogP contribution < -0.4 is 10.1 Å². The molecule has 3 aromatic rings. The summed E-state index contributed by atoms with van der Waals surface area (Å²) >= 11 is 0. The molecule has 3 aliphatic carbocycles. The van der Waals surface area contributed by atoms with E-state index < -0.39 is 0 Å². The van der Waals surface area contributed by atoms with Crippen molar-refractivity contribution in [1.82, 2.24) is 15.0 Å². The van der Waals surface area contributed by atoms with Gasteiger partial charge >= 0.3 is 0 Å². The lowest BCUT2D eigenvalue weighted by Gasteiger charge is -2.22. The number of para-hydroxylation sites is 2. The number of ketones is 1. The fourth-order valence-electron chi connectivity index (χ4n) is 5.37. The van der Waals surface area contributed by atoms with Gasteiger partial charge < -0.3 is 15.0 Å². The first-order valence-corrected chi connectivity index (χ1v) is 12.1. The Hall–Kier alpha value is -2.89. The highest BCUT2D eigenvalue weighted by Crippen LogP contribution is 2.39. The molecule has 2 aromatic heterocycles. The molecular formula is C26H30N4O2. The first-order chi connectivity index (χ1) is 15.7. The highest BCUT2D eigenvalue weighted by atomic mass is 16.5. The molecule has 0 bridgehead atoms. The summed E-state index contributed by atoms with van der Waals surface area (Å²) in [6.07, 6.45) is 12.4. The van der Waals surface area contributed by atoms with Crippen molar-refractivity contribution in [2.45, 2.75) is 70.3 Å². The van der Waals surface area contributed by atoms with Crippen molar-refractivity contribution in [3.05, 3.63) is 41.9 Å². The number of Topliss-reactive ketones (excluding diaryl/α,β-unsaturated/α-hetero) is 1. The molecular weight excluding hydrogens is 400 g/mol. The molecule has 1 atom stereocenters. The van der Waals surface area contributed by atoms with Crippen LogP contribution in [0.25, 0.3) is 11.0 Å². The molecule has 2 N–H and O–H groups in total. The molecule has 2 heterocycles. The van der Waals surface area contributed by atoms with Gasteiger partial charge in [0.1, 0.15) is 29.3 Å². The number of benzene rings is 1. The summed E-state index contributed by atoms with van der Waals surface area (Å²) in [5.74, 6) is 2.85. The number of ether oxygens (including phenoxy) is 1. The SMILES string of the molecule is O=C(CC1CC1)C1CCc2[nH]c3ncnc(Nc4ccccc4OC4CCCC4)c3c2C1. The zero-order valence-corrected chi connectivity index (χ0v) is 18.4. The first-order valence-electron chi connectivity index (χ1n) is 12.1. The summed E-state index contributed by atoms with van der Waals surface area (Å²) in [5, 5.41) is 4.55. The maximum Gasteiger partial charge on any atom is 0.143 e. The molecule has 0 radical (unpaired) electrons. The fraction of sp³-hybridized carbons (Fsp3) is 0.500. The van der Waals surface area contributed by atoms with Crippen LogP contribution in [-0.2, 0) is 17.6 Å². The van der Waals surface area contributed by atoms with E-state index in [9.17, 15) is 4.79 Å². The average molecular weight is 431 g/mol. The first kappa shape index (κ1) is 19.8. The van der Waals surface area contributed by atoms with Gasteiger partial charge in [-0.1, -0.05) is 12.1 Å². The van der Waals surface area contributed by atoms with Crippen molar-refractivity contribution in [1.29, 1.82) is 0 Å². The minimum atomic E-state index is 0.119. The third kappa shape index (κ3) is 3.87. The Labute approximate surface area is 188 Å². The Morgan fingerprint density at radius 1 is 1.09 bits per heavy atom. The van der Waals surface area contributed by atoms with Crippen LogP contribution in [0.2, 0.25) is 0 Å². The largest absolute Gasteiger partial charge is 0.488 e. The van der Waals surface area contributed by atoms with Crippen LogP contribution in [0.3, 0.4) is 0 Å². The predicted molar refractivity (Wildman–Crippen MR) is 124 cm³/mol. The van der Waals surface area contributed by atoms with E-state index >= 15 is 0 Å². The van der Waals surface area contributed by atoms with Gasteiger partial charge in [0, 0.05) is 18.0 Å². The number of aromatic amines is 1. The van der Waals surface area contributed by atoms with Crippen molar-refractivity contribution in [2.24, 2.45) is 11.8 Å². The van der Waals surface area contributed by atoms with Crippen molar-refractivity contribution < 1.29 is 9.53 Å². The van der Waals surface area contributed by atoms with E-state index in [1.165, 1.54) is 36.9 Å². The number of carbonyl (C=O) groups excluding carboxylic acids is 1. The smallest absolute Gasteiger partial charge is 0.143 e. The lowest BCUT2D eigenvalue weighted by molar-refractivity contribution is -0.123. The third-order valence-corrected chi connectivity index (χ3v) is 7.35. The predicted octanol–water partition coefficient (Wildman–Crippen LogP) is 5.50. The number of anilines is 2. The summed E-state index contributed by atoms with van der Waals surface area (Å²) in [6.45, 7) is 0. The number of aryl methyl sites for hydroxylation is 1. The second kappa shape index (κ2) is 8.23. The molecule has 1 aromatic carbocycles. The number of aromatic nitrogens is 3. The number of hydrogen-bond donors (Lipinski definition) is 2. The summed E-state index contributed by atoms with van der Waals surface area (Å²) in [4.78, 5) is 25.4. The van der Waals surface area contributed by atoms with E-state index in [0.717, 1.165) is 66.8 Å². The Morgan fingerprint density at radius 3 is 2.78 bits per heavy atom. The maximum atomic E-state index is 12.8. The molecule has 0 saturated heterocycles. The third-order valence-electron chi connectivity index (χ3n) is 7.35. The second-order valence-electron chi connectivity index (χ2n) is 9.73. The van der Waals surface area contributed by atoms with E-state index in [2.05, 4.69) is 20.3 Å². The summed E-state index contributed by atoms with van der Waals surface area (Å²) in [7, 11) is 0. The highest BCUT2D eigenvalue weighted by Gasteiger charge is 2.32. The molecule has 0 amide bonds. The van der Waals surface area contributed by atoms with Crippen LogP contribution >= 0.6 is 0 Å². The van der Waals surface area contributed by atoms with Crippen LogP contribution in [0.1, 0.15) is 62.6 Å². The van der Waals surface area contributed by atoms with E-state index in [1.807, 2.05) is 24.3 Å². The van der Waals surface area contributed by atoms with Crippen LogP contribution in [-0.4, -0.2) is 26.8 Å².